The van der Waals surface area contributed by atoms with Crippen LogP contribution in [0.1, 0.15) is 0 Å². The highest BCUT2D eigenvalue weighted by molar-refractivity contribution is 8.45. The minimum absolute atomic E-state index is 0.254. The molecule has 1 aromatic rings. The van der Waals surface area contributed by atoms with E-state index in [9.17, 15) is 19.4 Å². The first kappa shape index (κ1) is 11.1. The van der Waals surface area contributed by atoms with Gasteiger partial charge in [-0.15, -0.1) is 0 Å². The third kappa shape index (κ3) is 2.50. The van der Waals surface area contributed by atoms with E-state index in [1.54, 1.807) is 0 Å². The lowest BCUT2D eigenvalue weighted by atomic mass is 10.3. The van der Waals surface area contributed by atoms with Gasteiger partial charge in [0.15, 0.2) is 0 Å². The Hall–Kier alpha value is -0.980. The first-order valence-corrected chi connectivity index (χ1v) is 5.36. The normalized spacial score (nSPS) is 17.0. The van der Waals surface area contributed by atoms with Gasteiger partial charge >= 0.3 is 10.2 Å². The van der Waals surface area contributed by atoms with Gasteiger partial charge < -0.3 is 4.74 Å². The predicted octanol–water partition coefficient (Wildman–Crippen LogP) is 4.35. The Kier molecular flexibility index (Phi) is 1.85. The Morgan fingerprint density at radius 3 is 2.07 bits per heavy atom. The maximum absolute atomic E-state index is 12.2. The molecule has 82 valence electrons. The van der Waals surface area contributed by atoms with Gasteiger partial charge in [0.1, 0.15) is 10.6 Å². The Labute approximate surface area is 77.2 Å². The molecule has 0 saturated heterocycles. The summed E-state index contributed by atoms with van der Waals surface area (Å²) in [5.74, 6) is -0.254. The van der Waals surface area contributed by atoms with E-state index in [2.05, 4.69) is 4.74 Å². The molecule has 1 aromatic carbocycles. The van der Waals surface area contributed by atoms with Crippen molar-refractivity contribution in [2.75, 3.05) is 7.11 Å². The second-order valence-electron chi connectivity index (χ2n) is 2.65. The van der Waals surface area contributed by atoms with Crippen molar-refractivity contribution in [3.63, 3.8) is 0 Å². The number of halogens is 5. The van der Waals surface area contributed by atoms with E-state index in [1.807, 2.05) is 0 Å². The van der Waals surface area contributed by atoms with Crippen LogP contribution in [0.3, 0.4) is 0 Å². The van der Waals surface area contributed by atoms with Crippen LogP contribution < -0.4 is 4.74 Å². The van der Waals surface area contributed by atoms with E-state index >= 15 is 0 Å². The second kappa shape index (κ2) is 2.33. The molecule has 7 heteroatoms. The topological polar surface area (TPSA) is 9.23 Å². The van der Waals surface area contributed by atoms with Gasteiger partial charge in [-0.2, -0.15) is 0 Å². The van der Waals surface area contributed by atoms with E-state index in [0.29, 0.717) is 6.07 Å². The van der Waals surface area contributed by atoms with Gasteiger partial charge in [0.05, 0.1) is 7.11 Å². The van der Waals surface area contributed by atoms with Crippen LogP contribution in [0.4, 0.5) is 19.4 Å². The standard InChI is InChI=1S/C7H7F5OS/c1-13-6-3-2-4-7(5-6)14(8,9,10,11)12/h2-5H,1H3. The lowest BCUT2D eigenvalue weighted by molar-refractivity contribution is 0.361. The molecule has 0 N–H and O–H groups in total. The average molecular weight is 234 g/mol. The van der Waals surface area contributed by atoms with E-state index in [-0.39, 0.29) is 11.8 Å². The Morgan fingerprint density at radius 2 is 1.64 bits per heavy atom. The summed E-state index contributed by atoms with van der Waals surface area (Å²) in [5, 5.41) is 0. The SMILES string of the molecule is COc1cccc(S(F)(F)(F)(F)F)c1. The first-order valence-electron chi connectivity index (χ1n) is 3.41. The first-order chi connectivity index (χ1) is 6.03. The maximum Gasteiger partial charge on any atom is 0.310 e. The zero-order chi connectivity index (χ0) is 11.1. The summed E-state index contributed by atoms with van der Waals surface area (Å²) in [7, 11) is -8.46. The second-order valence-corrected chi connectivity index (χ2v) is 5.06. The molecular weight excluding hydrogens is 227 g/mol. The van der Waals surface area contributed by atoms with E-state index in [4.69, 9.17) is 0 Å². The van der Waals surface area contributed by atoms with Gasteiger partial charge in [-0.05, 0) is 12.1 Å². The molecule has 0 saturated carbocycles. The Bertz CT molecular complexity index is 357. The largest absolute Gasteiger partial charge is 0.497 e. The average Bonchev–Trinajstić information content (AvgIpc) is 2.01. The highest BCUT2D eigenvalue weighted by atomic mass is 32.5. The van der Waals surface area contributed by atoms with Gasteiger partial charge in [0.25, 0.3) is 0 Å². The summed E-state index contributed by atoms with van der Waals surface area (Å²) >= 11 is 0. The van der Waals surface area contributed by atoms with E-state index in [0.717, 1.165) is 19.2 Å². The zero-order valence-corrected chi connectivity index (χ0v) is 7.83. The van der Waals surface area contributed by atoms with Crippen LogP contribution in [0, 0.1) is 0 Å². The smallest absolute Gasteiger partial charge is 0.310 e. The van der Waals surface area contributed by atoms with Crippen LogP contribution in [0.5, 0.6) is 5.75 Å². The van der Waals surface area contributed by atoms with Crippen molar-refractivity contribution in [2.45, 2.75) is 4.90 Å². The lowest BCUT2D eigenvalue weighted by Gasteiger charge is -2.40. The molecule has 0 atom stereocenters. The summed E-state index contributed by atoms with van der Waals surface area (Å²) in [6.07, 6.45) is 0. The van der Waals surface area contributed by atoms with Crippen molar-refractivity contribution < 1.29 is 24.2 Å². The molecule has 0 aliphatic heterocycles. The third-order valence-corrected chi connectivity index (χ3v) is 2.63. The van der Waals surface area contributed by atoms with Crippen molar-refractivity contribution >= 4 is 10.2 Å². The molecule has 0 unspecified atom stereocenters. The summed E-state index contributed by atoms with van der Waals surface area (Å²) in [5.41, 5.74) is 0. The van der Waals surface area contributed by atoms with Crippen LogP contribution in [0.15, 0.2) is 29.2 Å². The van der Waals surface area contributed by atoms with Crippen LogP contribution in [0.25, 0.3) is 0 Å². The molecule has 0 aliphatic carbocycles. The van der Waals surface area contributed by atoms with Gasteiger partial charge in [0, 0.05) is 6.07 Å². The third-order valence-electron chi connectivity index (χ3n) is 1.49. The molecule has 0 aromatic heterocycles. The van der Waals surface area contributed by atoms with Crippen molar-refractivity contribution in [1.82, 2.24) is 0 Å². The highest BCUT2D eigenvalue weighted by Gasteiger charge is 2.65. The maximum atomic E-state index is 12.2. The summed E-state index contributed by atoms with van der Waals surface area (Å²) in [6, 6.07) is 2.63. The Morgan fingerprint density at radius 1 is 1.07 bits per heavy atom. The van der Waals surface area contributed by atoms with Crippen LogP contribution in [0.2, 0.25) is 0 Å². The predicted molar refractivity (Wildman–Crippen MR) is 44.4 cm³/mol. The number of hydrogen-bond donors (Lipinski definition) is 0. The number of rotatable bonds is 2. The van der Waals surface area contributed by atoms with Crippen molar-refractivity contribution in [1.29, 1.82) is 0 Å². The van der Waals surface area contributed by atoms with Gasteiger partial charge in [-0.3, -0.25) is 0 Å². The Balaban J connectivity index is 3.35. The number of hydrogen-bond acceptors (Lipinski definition) is 1. The fourth-order valence-corrected chi connectivity index (χ4v) is 1.52. The molecule has 0 amide bonds. The summed E-state index contributed by atoms with van der Waals surface area (Å²) in [6.45, 7) is 0. The molecule has 0 bridgehead atoms. The molecule has 14 heavy (non-hydrogen) atoms. The molecule has 0 radical (unpaired) electrons. The molecule has 0 aliphatic rings. The minimum atomic E-state index is -9.56. The minimum Gasteiger partial charge on any atom is -0.497 e. The lowest BCUT2D eigenvalue weighted by Crippen LogP contribution is -2.05. The van der Waals surface area contributed by atoms with Gasteiger partial charge in [0.2, 0.25) is 0 Å². The number of methoxy groups -OCH3 is 1. The summed E-state index contributed by atoms with van der Waals surface area (Å²) in [4.78, 5) is -1.94. The van der Waals surface area contributed by atoms with Crippen LogP contribution >= 0.6 is 10.2 Å². The quantitative estimate of drug-likeness (QED) is 0.691. The molecular formula is C7H7F5OS. The molecule has 0 heterocycles. The fourth-order valence-electron chi connectivity index (χ4n) is 0.841. The zero-order valence-electron chi connectivity index (χ0n) is 7.02. The van der Waals surface area contributed by atoms with Crippen molar-refractivity contribution in [3.05, 3.63) is 24.3 Å². The van der Waals surface area contributed by atoms with E-state index in [1.165, 1.54) is 0 Å². The number of ether oxygens (including phenoxy) is 1. The van der Waals surface area contributed by atoms with Crippen molar-refractivity contribution in [2.24, 2.45) is 0 Å². The molecule has 1 nitrogen and oxygen atoms in total. The van der Waals surface area contributed by atoms with Gasteiger partial charge in [-0.1, -0.05) is 25.5 Å². The van der Waals surface area contributed by atoms with Gasteiger partial charge in [-0.25, -0.2) is 0 Å². The van der Waals surface area contributed by atoms with Crippen LogP contribution in [-0.2, 0) is 0 Å². The molecule has 0 spiro atoms. The highest BCUT2D eigenvalue weighted by Crippen LogP contribution is 3.02. The van der Waals surface area contributed by atoms with Crippen molar-refractivity contribution in [3.8, 4) is 5.75 Å². The van der Waals surface area contributed by atoms with E-state index < -0.39 is 15.1 Å². The monoisotopic (exact) mass is 234 g/mol. The fraction of sp³-hybridized carbons (Fsp3) is 0.143. The number of benzene rings is 1. The van der Waals surface area contributed by atoms with Crippen LogP contribution in [-0.4, -0.2) is 7.11 Å². The summed E-state index contributed by atoms with van der Waals surface area (Å²) < 4.78 is 65.5. The molecule has 0 fully saturated rings. The molecule has 1 rings (SSSR count).